The van der Waals surface area contributed by atoms with E-state index in [1.165, 1.54) is 26.4 Å². The average Bonchev–Trinajstić information content (AvgIpc) is 2.38. The molecule has 0 saturated carbocycles. The first-order valence-corrected chi connectivity index (χ1v) is 5.81. The number of nitro groups is 1. The highest BCUT2D eigenvalue weighted by molar-refractivity contribution is 5.56. The molecule has 0 aliphatic carbocycles. The van der Waals surface area contributed by atoms with Gasteiger partial charge in [0.05, 0.1) is 30.8 Å². The summed E-state index contributed by atoms with van der Waals surface area (Å²) in [6.45, 7) is 0.745. The number of anilines is 1. The topological polar surface area (TPSA) is 93.9 Å². The molecule has 0 heterocycles. The van der Waals surface area contributed by atoms with E-state index in [2.05, 4.69) is 5.32 Å². The van der Waals surface area contributed by atoms with Gasteiger partial charge in [0, 0.05) is 31.5 Å². The number of nitrogens with zero attached hydrogens (tertiary/aromatic N) is 1. The molecule has 0 fully saturated rings. The zero-order valence-corrected chi connectivity index (χ0v) is 11.0. The lowest BCUT2D eigenvalue weighted by molar-refractivity contribution is -0.384. The van der Waals surface area contributed by atoms with Gasteiger partial charge < -0.3 is 19.9 Å². The van der Waals surface area contributed by atoms with Crippen molar-refractivity contribution in [2.45, 2.75) is 12.5 Å². The molecule has 7 heteroatoms. The Bertz CT molecular complexity index is 425. The normalized spacial score (nSPS) is 11.9. The molecule has 0 aliphatic rings. The van der Waals surface area contributed by atoms with Gasteiger partial charge in [-0.3, -0.25) is 10.1 Å². The molecule has 1 unspecified atom stereocenters. The van der Waals surface area contributed by atoms with E-state index in [0.29, 0.717) is 24.4 Å². The fourth-order valence-electron chi connectivity index (χ4n) is 1.57. The summed E-state index contributed by atoms with van der Waals surface area (Å²) in [6, 6.07) is 4.44. The first-order valence-electron chi connectivity index (χ1n) is 5.81. The number of hydrogen-bond acceptors (Lipinski definition) is 6. The van der Waals surface area contributed by atoms with Gasteiger partial charge in [-0.05, 0) is 6.42 Å². The van der Waals surface area contributed by atoms with Crippen LogP contribution >= 0.6 is 0 Å². The van der Waals surface area contributed by atoms with Crippen LogP contribution in [0.25, 0.3) is 0 Å². The van der Waals surface area contributed by atoms with Gasteiger partial charge in [0.15, 0.2) is 0 Å². The fourth-order valence-corrected chi connectivity index (χ4v) is 1.57. The fraction of sp³-hybridized carbons (Fsp3) is 0.500. The van der Waals surface area contributed by atoms with Gasteiger partial charge in [-0.15, -0.1) is 0 Å². The van der Waals surface area contributed by atoms with Crippen molar-refractivity contribution in [1.29, 1.82) is 0 Å². The molecule has 0 saturated heterocycles. The van der Waals surface area contributed by atoms with Gasteiger partial charge in [-0.25, -0.2) is 0 Å². The third-order valence-electron chi connectivity index (χ3n) is 2.50. The molecule has 0 bridgehead atoms. The third kappa shape index (κ3) is 5.11. The molecule has 7 nitrogen and oxygen atoms in total. The minimum atomic E-state index is -0.557. The molecule has 0 amide bonds. The van der Waals surface area contributed by atoms with Gasteiger partial charge >= 0.3 is 0 Å². The van der Waals surface area contributed by atoms with Crippen LogP contribution in [0.3, 0.4) is 0 Å². The Morgan fingerprint density at radius 1 is 1.42 bits per heavy atom. The Morgan fingerprint density at radius 2 is 2.16 bits per heavy atom. The number of non-ortho nitro benzene ring substituents is 1. The standard InChI is InChI=1S/C12H18N2O5/c1-18-8-11(15)3-4-13-9-5-10(14(16)17)7-12(6-9)19-2/h5-7,11,13,15H,3-4,8H2,1-2H3. The van der Waals surface area contributed by atoms with Crippen molar-refractivity contribution in [3.8, 4) is 5.75 Å². The van der Waals surface area contributed by atoms with Gasteiger partial charge in [-0.2, -0.15) is 0 Å². The van der Waals surface area contributed by atoms with Crippen LogP contribution in [0.2, 0.25) is 0 Å². The zero-order valence-electron chi connectivity index (χ0n) is 11.0. The number of nitrogens with one attached hydrogen (secondary N) is 1. The molecule has 1 aromatic carbocycles. The van der Waals surface area contributed by atoms with Crippen molar-refractivity contribution in [2.75, 3.05) is 32.7 Å². The second-order valence-electron chi connectivity index (χ2n) is 4.00. The summed E-state index contributed by atoms with van der Waals surface area (Å²) in [5.74, 6) is 0.411. The molecule has 106 valence electrons. The van der Waals surface area contributed by atoms with Crippen LogP contribution in [-0.2, 0) is 4.74 Å². The number of nitro benzene ring substituents is 1. The Hall–Kier alpha value is -1.86. The van der Waals surface area contributed by atoms with E-state index >= 15 is 0 Å². The van der Waals surface area contributed by atoms with Crippen molar-refractivity contribution in [1.82, 2.24) is 0 Å². The number of aliphatic hydroxyl groups excluding tert-OH is 1. The number of methoxy groups -OCH3 is 2. The van der Waals surface area contributed by atoms with Gasteiger partial charge in [0.25, 0.3) is 5.69 Å². The highest BCUT2D eigenvalue weighted by atomic mass is 16.6. The highest BCUT2D eigenvalue weighted by Crippen LogP contribution is 2.25. The summed E-state index contributed by atoms with van der Waals surface area (Å²) >= 11 is 0. The van der Waals surface area contributed by atoms with Crippen LogP contribution in [0.5, 0.6) is 5.75 Å². The number of aliphatic hydroxyl groups is 1. The first kappa shape index (κ1) is 15.2. The zero-order chi connectivity index (χ0) is 14.3. The molecule has 0 aliphatic heterocycles. The Labute approximate surface area is 111 Å². The SMILES string of the molecule is COCC(O)CCNc1cc(OC)cc([N+](=O)[O-])c1. The summed E-state index contributed by atoms with van der Waals surface area (Å²) < 4.78 is 9.80. The Balaban J connectivity index is 2.62. The van der Waals surface area contributed by atoms with Crippen molar-refractivity contribution in [3.63, 3.8) is 0 Å². The molecular weight excluding hydrogens is 252 g/mol. The van der Waals surface area contributed by atoms with Gasteiger partial charge in [-0.1, -0.05) is 0 Å². The van der Waals surface area contributed by atoms with Crippen LogP contribution in [0.15, 0.2) is 18.2 Å². The number of hydrogen-bond donors (Lipinski definition) is 2. The van der Waals surface area contributed by atoms with Crippen LogP contribution in [-0.4, -0.2) is 43.5 Å². The number of rotatable bonds is 8. The van der Waals surface area contributed by atoms with Gasteiger partial charge in [0.2, 0.25) is 0 Å². The van der Waals surface area contributed by atoms with Crippen molar-refractivity contribution in [2.24, 2.45) is 0 Å². The first-order chi connectivity index (χ1) is 9.06. The minimum Gasteiger partial charge on any atom is -0.496 e. The maximum Gasteiger partial charge on any atom is 0.275 e. The van der Waals surface area contributed by atoms with Crippen molar-refractivity contribution in [3.05, 3.63) is 28.3 Å². The minimum absolute atomic E-state index is 0.0423. The van der Waals surface area contributed by atoms with E-state index in [0.717, 1.165) is 0 Å². The van der Waals surface area contributed by atoms with Crippen molar-refractivity contribution >= 4 is 11.4 Å². The third-order valence-corrected chi connectivity index (χ3v) is 2.50. The molecule has 1 atom stereocenters. The van der Waals surface area contributed by atoms with Crippen LogP contribution in [0.1, 0.15) is 6.42 Å². The summed E-state index contributed by atoms with van der Waals surface area (Å²) in [4.78, 5) is 10.3. The summed E-state index contributed by atoms with van der Waals surface area (Å²) in [6.07, 6.45) is -0.0724. The highest BCUT2D eigenvalue weighted by Gasteiger charge is 2.10. The number of benzene rings is 1. The predicted molar refractivity (Wildman–Crippen MR) is 70.6 cm³/mol. The molecule has 0 radical (unpaired) electrons. The molecule has 0 aromatic heterocycles. The lowest BCUT2D eigenvalue weighted by Crippen LogP contribution is -2.18. The summed E-state index contributed by atoms with van der Waals surface area (Å²) in [7, 11) is 2.97. The van der Waals surface area contributed by atoms with E-state index in [1.54, 1.807) is 6.07 Å². The number of ether oxygens (including phenoxy) is 2. The molecule has 0 spiro atoms. The second kappa shape index (κ2) is 7.55. The smallest absolute Gasteiger partial charge is 0.275 e. The molecule has 1 aromatic rings. The Kier molecular flexibility index (Phi) is 6.04. The maximum absolute atomic E-state index is 10.8. The van der Waals surface area contributed by atoms with E-state index in [1.807, 2.05) is 0 Å². The molecular formula is C12H18N2O5. The monoisotopic (exact) mass is 270 g/mol. The quantitative estimate of drug-likeness (QED) is 0.548. The molecule has 2 N–H and O–H groups in total. The summed E-state index contributed by atoms with van der Waals surface area (Å²) in [5.41, 5.74) is 0.537. The van der Waals surface area contributed by atoms with Crippen LogP contribution in [0.4, 0.5) is 11.4 Å². The second-order valence-corrected chi connectivity index (χ2v) is 4.00. The Morgan fingerprint density at radius 3 is 2.74 bits per heavy atom. The summed E-state index contributed by atoms with van der Waals surface area (Å²) in [5, 5.41) is 23.2. The molecule has 19 heavy (non-hydrogen) atoms. The molecule has 1 rings (SSSR count). The largest absolute Gasteiger partial charge is 0.496 e. The van der Waals surface area contributed by atoms with Crippen molar-refractivity contribution < 1.29 is 19.5 Å². The van der Waals surface area contributed by atoms with E-state index in [4.69, 9.17) is 9.47 Å². The lowest BCUT2D eigenvalue weighted by Gasteiger charge is -2.11. The van der Waals surface area contributed by atoms with Gasteiger partial charge in [0.1, 0.15) is 5.75 Å². The maximum atomic E-state index is 10.8. The average molecular weight is 270 g/mol. The van der Waals surface area contributed by atoms with Crippen LogP contribution < -0.4 is 10.1 Å². The van der Waals surface area contributed by atoms with E-state index in [9.17, 15) is 15.2 Å². The van der Waals surface area contributed by atoms with E-state index in [-0.39, 0.29) is 12.3 Å². The van der Waals surface area contributed by atoms with E-state index < -0.39 is 11.0 Å². The van der Waals surface area contributed by atoms with Crippen LogP contribution in [0, 0.1) is 10.1 Å². The predicted octanol–water partition coefficient (Wildman–Crippen LogP) is 1.41. The lowest BCUT2D eigenvalue weighted by atomic mass is 10.2.